The first-order valence-electron chi connectivity index (χ1n) is 7.72. The second kappa shape index (κ2) is 6.30. The number of morpholine rings is 1. The highest BCUT2D eigenvalue weighted by molar-refractivity contribution is 7.87. The van der Waals surface area contributed by atoms with E-state index in [-0.39, 0.29) is 18.2 Å². The van der Waals surface area contributed by atoms with Crippen molar-refractivity contribution in [1.29, 1.82) is 0 Å². The first-order valence-corrected chi connectivity index (χ1v) is 9.16. The first-order chi connectivity index (χ1) is 9.29. The van der Waals surface area contributed by atoms with Gasteiger partial charge in [0.05, 0.1) is 12.2 Å². The Morgan fingerprint density at radius 1 is 1.05 bits per heavy atom. The molecule has 5 atom stereocenters. The van der Waals surface area contributed by atoms with Crippen molar-refractivity contribution in [2.24, 2.45) is 11.8 Å². The smallest absolute Gasteiger partial charge is 0.279 e. The Bertz CT molecular complexity index is 416. The van der Waals surface area contributed by atoms with E-state index in [9.17, 15) is 8.42 Å². The van der Waals surface area contributed by atoms with Gasteiger partial charge in [0.25, 0.3) is 10.2 Å². The molecule has 1 saturated heterocycles. The lowest BCUT2D eigenvalue weighted by Gasteiger charge is -2.38. The second-order valence-electron chi connectivity index (χ2n) is 6.57. The monoisotopic (exact) mass is 304 g/mol. The number of ether oxygens (including phenoxy) is 1. The van der Waals surface area contributed by atoms with Crippen LogP contribution in [0.4, 0.5) is 0 Å². The molecule has 118 valence electrons. The molecular formula is C14H28N2O3S. The molecule has 0 aromatic rings. The van der Waals surface area contributed by atoms with Crippen LogP contribution in [-0.2, 0) is 14.9 Å². The fourth-order valence-corrected chi connectivity index (χ4v) is 5.02. The lowest BCUT2D eigenvalue weighted by Crippen LogP contribution is -2.55. The lowest BCUT2D eigenvalue weighted by atomic mass is 9.78. The van der Waals surface area contributed by atoms with Gasteiger partial charge in [0, 0.05) is 19.1 Å². The lowest BCUT2D eigenvalue weighted by molar-refractivity contribution is -0.0445. The molecule has 1 aliphatic carbocycles. The van der Waals surface area contributed by atoms with E-state index in [0.717, 1.165) is 12.8 Å². The Balaban J connectivity index is 2.03. The van der Waals surface area contributed by atoms with Gasteiger partial charge < -0.3 is 4.74 Å². The van der Waals surface area contributed by atoms with E-state index >= 15 is 0 Å². The standard InChI is InChI=1S/C14H28N2O3S/c1-10-6-5-7-14(13(10)4)15-20(17,18)16-8-11(2)19-12(3)9-16/h10-15H,5-9H2,1-4H3/t10-,11+,12+,13+,14+/m0/s1. The predicted molar refractivity (Wildman–Crippen MR) is 79.6 cm³/mol. The largest absolute Gasteiger partial charge is 0.373 e. The maximum atomic E-state index is 12.6. The van der Waals surface area contributed by atoms with Gasteiger partial charge in [-0.25, -0.2) is 0 Å². The maximum Gasteiger partial charge on any atom is 0.279 e. The van der Waals surface area contributed by atoms with E-state index in [1.54, 1.807) is 0 Å². The summed E-state index contributed by atoms with van der Waals surface area (Å²) in [6.07, 6.45) is 3.16. The molecule has 1 N–H and O–H groups in total. The highest BCUT2D eigenvalue weighted by atomic mass is 32.2. The van der Waals surface area contributed by atoms with Crippen molar-refractivity contribution < 1.29 is 13.2 Å². The Morgan fingerprint density at radius 3 is 2.25 bits per heavy atom. The molecule has 0 spiro atoms. The fourth-order valence-electron chi connectivity index (χ4n) is 3.34. The van der Waals surface area contributed by atoms with E-state index in [1.165, 1.54) is 10.7 Å². The number of hydrogen-bond acceptors (Lipinski definition) is 3. The van der Waals surface area contributed by atoms with Gasteiger partial charge in [-0.15, -0.1) is 0 Å². The van der Waals surface area contributed by atoms with Gasteiger partial charge >= 0.3 is 0 Å². The SMILES string of the molecule is C[C@@H]1[C@@H](C)CCC[C@H]1NS(=O)(=O)N1C[C@@H](C)O[C@H](C)C1. The summed E-state index contributed by atoms with van der Waals surface area (Å²) in [5, 5.41) is 0. The van der Waals surface area contributed by atoms with Gasteiger partial charge in [-0.1, -0.05) is 26.7 Å². The minimum absolute atomic E-state index is 0.0435. The van der Waals surface area contributed by atoms with Crippen molar-refractivity contribution in [2.75, 3.05) is 13.1 Å². The molecule has 0 amide bonds. The zero-order valence-electron chi connectivity index (χ0n) is 13.0. The van der Waals surface area contributed by atoms with Crippen molar-refractivity contribution in [1.82, 2.24) is 9.03 Å². The van der Waals surface area contributed by atoms with Crippen LogP contribution < -0.4 is 4.72 Å². The van der Waals surface area contributed by atoms with Crippen LogP contribution in [0.3, 0.4) is 0 Å². The van der Waals surface area contributed by atoms with Crippen LogP contribution >= 0.6 is 0 Å². The summed E-state index contributed by atoms with van der Waals surface area (Å²) in [5.41, 5.74) is 0. The number of nitrogens with zero attached hydrogens (tertiary/aromatic N) is 1. The summed E-state index contributed by atoms with van der Waals surface area (Å²) in [6.45, 7) is 9.09. The third kappa shape index (κ3) is 3.72. The molecular weight excluding hydrogens is 276 g/mol. The summed E-state index contributed by atoms with van der Waals surface area (Å²) < 4.78 is 35.2. The Kier molecular flexibility index (Phi) is 5.10. The number of rotatable bonds is 3. The van der Waals surface area contributed by atoms with Crippen LogP contribution in [0.5, 0.6) is 0 Å². The summed E-state index contributed by atoms with van der Waals surface area (Å²) in [5.74, 6) is 0.980. The molecule has 20 heavy (non-hydrogen) atoms. The number of nitrogens with one attached hydrogen (secondary N) is 1. The van der Waals surface area contributed by atoms with Gasteiger partial charge in [-0.2, -0.15) is 17.4 Å². The van der Waals surface area contributed by atoms with Gasteiger partial charge in [0.15, 0.2) is 0 Å². The van der Waals surface area contributed by atoms with Gasteiger partial charge in [-0.3, -0.25) is 0 Å². The molecule has 2 fully saturated rings. The average Bonchev–Trinajstić information content (AvgIpc) is 2.33. The topological polar surface area (TPSA) is 58.6 Å². The minimum atomic E-state index is -3.40. The van der Waals surface area contributed by atoms with Crippen LogP contribution in [-0.4, -0.2) is 44.1 Å². The Morgan fingerprint density at radius 2 is 1.65 bits per heavy atom. The van der Waals surface area contributed by atoms with E-state index < -0.39 is 10.2 Å². The normalized spacial score (nSPS) is 40.7. The molecule has 5 nitrogen and oxygen atoms in total. The molecule has 2 aliphatic rings. The van der Waals surface area contributed by atoms with Crippen LogP contribution in [0.15, 0.2) is 0 Å². The van der Waals surface area contributed by atoms with Crippen molar-refractivity contribution in [3.05, 3.63) is 0 Å². The zero-order chi connectivity index (χ0) is 14.9. The van der Waals surface area contributed by atoms with Crippen molar-refractivity contribution >= 4 is 10.2 Å². The summed E-state index contributed by atoms with van der Waals surface area (Å²) >= 11 is 0. The van der Waals surface area contributed by atoms with Gasteiger partial charge in [0.2, 0.25) is 0 Å². The van der Waals surface area contributed by atoms with E-state index in [4.69, 9.17) is 4.74 Å². The molecule has 0 aromatic heterocycles. The van der Waals surface area contributed by atoms with Crippen molar-refractivity contribution in [3.63, 3.8) is 0 Å². The third-order valence-corrected chi connectivity index (χ3v) is 6.31. The van der Waals surface area contributed by atoms with Crippen LogP contribution in [0.25, 0.3) is 0 Å². The molecule has 0 bridgehead atoms. The van der Waals surface area contributed by atoms with E-state index in [2.05, 4.69) is 18.6 Å². The summed E-state index contributed by atoms with van der Waals surface area (Å²) in [6, 6.07) is 0.0669. The molecule has 0 unspecified atom stereocenters. The van der Waals surface area contributed by atoms with Crippen LogP contribution in [0.2, 0.25) is 0 Å². The van der Waals surface area contributed by atoms with Crippen LogP contribution in [0.1, 0.15) is 47.0 Å². The molecule has 1 aliphatic heterocycles. The number of hydrogen-bond donors (Lipinski definition) is 1. The van der Waals surface area contributed by atoms with E-state index in [1.807, 2.05) is 13.8 Å². The van der Waals surface area contributed by atoms with E-state index in [0.29, 0.717) is 24.9 Å². The quantitative estimate of drug-likeness (QED) is 0.864. The molecule has 1 heterocycles. The highest BCUT2D eigenvalue weighted by Crippen LogP contribution is 2.30. The summed E-state index contributed by atoms with van der Waals surface area (Å²) in [7, 11) is -3.40. The molecule has 2 rings (SSSR count). The second-order valence-corrected chi connectivity index (χ2v) is 8.27. The molecule has 1 saturated carbocycles. The predicted octanol–water partition coefficient (Wildman–Crippen LogP) is 1.75. The van der Waals surface area contributed by atoms with Gasteiger partial charge in [0.1, 0.15) is 0 Å². The molecule has 6 heteroatoms. The first kappa shape index (κ1) is 16.2. The van der Waals surface area contributed by atoms with Crippen LogP contribution in [0, 0.1) is 11.8 Å². The molecule has 0 aromatic carbocycles. The Hall–Kier alpha value is -0.170. The molecule has 0 radical (unpaired) electrons. The van der Waals surface area contributed by atoms with Crippen molar-refractivity contribution in [3.8, 4) is 0 Å². The van der Waals surface area contributed by atoms with Crippen molar-refractivity contribution in [2.45, 2.75) is 65.2 Å². The summed E-state index contributed by atoms with van der Waals surface area (Å²) in [4.78, 5) is 0. The maximum absolute atomic E-state index is 12.6. The Labute approximate surface area is 123 Å². The fraction of sp³-hybridized carbons (Fsp3) is 1.00. The highest BCUT2D eigenvalue weighted by Gasteiger charge is 2.35. The van der Waals surface area contributed by atoms with Gasteiger partial charge in [-0.05, 0) is 32.1 Å². The average molecular weight is 304 g/mol. The minimum Gasteiger partial charge on any atom is -0.373 e. The third-order valence-electron chi connectivity index (χ3n) is 4.73. The zero-order valence-corrected chi connectivity index (χ0v) is 13.8.